The number of alkyl halides is 8. The first kappa shape index (κ1) is 22.4. The highest BCUT2D eigenvalue weighted by molar-refractivity contribution is 6.15. The molecule has 174 valence electrons. The van der Waals surface area contributed by atoms with Gasteiger partial charge in [-0.2, -0.15) is 26.3 Å². The molecule has 0 spiro atoms. The van der Waals surface area contributed by atoms with E-state index in [0.29, 0.717) is 0 Å². The molecule has 0 N–H and O–H groups in total. The molecule has 0 heterocycles. The second kappa shape index (κ2) is 7.55. The second-order valence-electron chi connectivity index (χ2n) is 8.00. The number of halogens is 8. The van der Waals surface area contributed by atoms with Crippen LogP contribution in [-0.4, -0.2) is 0 Å². The summed E-state index contributed by atoms with van der Waals surface area (Å²) in [6.45, 7) is -2.29. The number of hydrogen-bond acceptors (Lipinski definition) is 0. The minimum absolute atomic E-state index is 0.00260. The predicted octanol–water partition coefficient (Wildman–Crippen LogP) is 9.28. The van der Waals surface area contributed by atoms with Gasteiger partial charge in [0.15, 0.2) is 0 Å². The van der Waals surface area contributed by atoms with Gasteiger partial charge >= 0.3 is 12.4 Å². The highest BCUT2D eigenvalue weighted by atomic mass is 19.4. The molecule has 5 rings (SSSR count). The van der Waals surface area contributed by atoms with Gasteiger partial charge in [0.1, 0.15) is 13.3 Å². The standard InChI is InChI=1S/C26H14F8/c27-11-21-13-5-1-3-7-15(13)23(25(29,30)31)19-10-20-18(9-17(19)21)22(12-28)14-6-2-4-8-16(14)24(20)26(32,33)34/h1-10H,11-12H2. The van der Waals surface area contributed by atoms with E-state index in [9.17, 15) is 35.1 Å². The van der Waals surface area contributed by atoms with Gasteiger partial charge in [-0.3, -0.25) is 0 Å². The molecule has 5 aromatic rings. The third-order valence-corrected chi connectivity index (χ3v) is 6.22. The Morgan fingerprint density at radius 1 is 0.441 bits per heavy atom. The van der Waals surface area contributed by atoms with E-state index in [1.807, 2.05) is 0 Å². The molecule has 0 fully saturated rings. The molecule has 0 atom stereocenters. The zero-order valence-corrected chi connectivity index (χ0v) is 17.2. The summed E-state index contributed by atoms with van der Waals surface area (Å²) < 4.78 is 114. The van der Waals surface area contributed by atoms with Crippen LogP contribution in [-0.2, 0) is 25.7 Å². The fourth-order valence-corrected chi connectivity index (χ4v) is 4.92. The van der Waals surface area contributed by atoms with E-state index in [1.54, 1.807) is 0 Å². The molecule has 0 aliphatic carbocycles. The molecule has 0 aliphatic rings. The van der Waals surface area contributed by atoms with Crippen LogP contribution in [0.1, 0.15) is 22.3 Å². The van der Waals surface area contributed by atoms with Crippen LogP contribution in [0.5, 0.6) is 0 Å². The van der Waals surface area contributed by atoms with Gasteiger partial charge in [-0.05, 0) is 66.3 Å². The van der Waals surface area contributed by atoms with Gasteiger partial charge in [0.05, 0.1) is 11.1 Å². The summed E-state index contributed by atoms with van der Waals surface area (Å²) in [7, 11) is 0. The molecular formula is C26H14F8. The van der Waals surface area contributed by atoms with E-state index >= 15 is 0 Å². The van der Waals surface area contributed by atoms with Crippen LogP contribution in [0.25, 0.3) is 43.1 Å². The Morgan fingerprint density at radius 2 is 0.765 bits per heavy atom. The third-order valence-electron chi connectivity index (χ3n) is 6.22. The molecule has 34 heavy (non-hydrogen) atoms. The first-order valence-corrected chi connectivity index (χ1v) is 10.2. The number of hydrogen-bond donors (Lipinski definition) is 0. The minimum Gasteiger partial charge on any atom is -0.246 e. The van der Waals surface area contributed by atoms with Gasteiger partial charge in [0.2, 0.25) is 0 Å². The summed E-state index contributed by atoms with van der Waals surface area (Å²) in [5, 5.41) is -2.12. The quantitative estimate of drug-likeness (QED) is 0.175. The van der Waals surface area contributed by atoms with Crippen LogP contribution in [0.15, 0.2) is 60.7 Å². The molecule has 0 nitrogen and oxygen atoms in total. The van der Waals surface area contributed by atoms with Gasteiger partial charge in [0.25, 0.3) is 0 Å². The molecule has 0 bridgehead atoms. The largest absolute Gasteiger partial charge is 0.417 e. The van der Waals surface area contributed by atoms with Crippen molar-refractivity contribution in [1.82, 2.24) is 0 Å². The van der Waals surface area contributed by atoms with Crippen molar-refractivity contribution in [3.8, 4) is 0 Å². The van der Waals surface area contributed by atoms with Crippen LogP contribution in [0.2, 0.25) is 0 Å². The lowest BCUT2D eigenvalue weighted by Gasteiger charge is -2.21. The number of rotatable bonds is 2. The third kappa shape index (κ3) is 3.19. The van der Waals surface area contributed by atoms with Crippen LogP contribution in [0.3, 0.4) is 0 Å². The summed E-state index contributed by atoms with van der Waals surface area (Å²) in [5.74, 6) is 0. The van der Waals surface area contributed by atoms with Crippen molar-refractivity contribution >= 4 is 43.1 Å². The van der Waals surface area contributed by atoms with Crippen LogP contribution in [0.4, 0.5) is 35.1 Å². The van der Waals surface area contributed by atoms with Gasteiger partial charge in [0, 0.05) is 0 Å². The summed E-state index contributed by atoms with van der Waals surface area (Å²) in [4.78, 5) is 0. The fourth-order valence-electron chi connectivity index (χ4n) is 4.92. The molecule has 0 aromatic heterocycles. The molecule has 5 aromatic carbocycles. The summed E-state index contributed by atoms with van der Waals surface area (Å²) >= 11 is 0. The van der Waals surface area contributed by atoms with Gasteiger partial charge < -0.3 is 0 Å². The zero-order chi connectivity index (χ0) is 24.4. The molecule has 0 radical (unpaired) electrons. The Labute approximate surface area is 187 Å². The molecule has 8 heteroatoms. The Kier molecular flexibility index (Phi) is 4.97. The van der Waals surface area contributed by atoms with Crippen molar-refractivity contribution in [2.45, 2.75) is 25.7 Å². The fraction of sp³-hybridized carbons (Fsp3) is 0.154. The second-order valence-corrected chi connectivity index (χ2v) is 8.00. The van der Waals surface area contributed by atoms with Crippen molar-refractivity contribution in [2.24, 2.45) is 0 Å². The first-order chi connectivity index (χ1) is 16.1. The maximum Gasteiger partial charge on any atom is 0.417 e. The Hall–Kier alpha value is -3.42. The lowest BCUT2D eigenvalue weighted by Crippen LogP contribution is -2.10. The van der Waals surface area contributed by atoms with Crippen LogP contribution >= 0.6 is 0 Å². The highest BCUT2D eigenvalue weighted by Crippen LogP contribution is 2.48. The van der Waals surface area contributed by atoms with Gasteiger partial charge in [-0.25, -0.2) is 8.78 Å². The van der Waals surface area contributed by atoms with E-state index in [0.717, 1.165) is 12.1 Å². The Balaban J connectivity index is 2.15. The lowest BCUT2D eigenvalue weighted by atomic mass is 9.86. The van der Waals surface area contributed by atoms with E-state index < -0.39 is 47.6 Å². The molecule has 0 unspecified atom stereocenters. The smallest absolute Gasteiger partial charge is 0.246 e. The van der Waals surface area contributed by atoms with Crippen molar-refractivity contribution in [3.63, 3.8) is 0 Å². The van der Waals surface area contributed by atoms with E-state index in [4.69, 9.17) is 0 Å². The predicted molar refractivity (Wildman–Crippen MR) is 116 cm³/mol. The van der Waals surface area contributed by atoms with Crippen molar-refractivity contribution in [2.75, 3.05) is 0 Å². The van der Waals surface area contributed by atoms with E-state index in [1.165, 1.54) is 48.5 Å². The van der Waals surface area contributed by atoms with E-state index in [-0.39, 0.29) is 43.4 Å². The maximum atomic E-state index is 14.2. The number of benzene rings is 5. The SMILES string of the molecule is FCc1c2ccccc2c(C(F)(F)F)c2cc3c(C(F)(F)F)c4ccccc4c(CF)c3cc12. The minimum atomic E-state index is -4.93. The molecule has 0 saturated heterocycles. The Morgan fingerprint density at radius 3 is 1.09 bits per heavy atom. The summed E-state index contributed by atoms with van der Waals surface area (Å²) in [5.41, 5.74) is -2.49. The lowest BCUT2D eigenvalue weighted by molar-refractivity contribution is -0.135. The molecule has 0 amide bonds. The molecule has 0 saturated carbocycles. The van der Waals surface area contributed by atoms with Crippen molar-refractivity contribution in [1.29, 1.82) is 0 Å². The average molecular weight is 478 g/mol. The first-order valence-electron chi connectivity index (χ1n) is 10.2. The maximum absolute atomic E-state index is 14.2. The van der Waals surface area contributed by atoms with Crippen molar-refractivity contribution < 1.29 is 35.1 Å². The van der Waals surface area contributed by atoms with Crippen LogP contribution in [0, 0.1) is 0 Å². The summed E-state index contributed by atoms with van der Waals surface area (Å²) in [6.07, 6.45) is -9.86. The summed E-state index contributed by atoms with van der Waals surface area (Å²) in [6, 6.07) is 12.5. The Bertz CT molecular complexity index is 1480. The molecule has 0 aliphatic heterocycles. The van der Waals surface area contributed by atoms with Crippen LogP contribution < -0.4 is 0 Å². The van der Waals surface area contributed by atoms with Gasteiger partial charge in [-0.15, -0.1) is 0 Å². The topological polar surface area (TPSA) is 0 Å². The molecular weight excluding hydrogens is 464 g/mol. The zero-order valence-electron chi connectivity index (χ0n) is 17.2. The van der Waals surface area contributed by atoms with E-state index in [2.05, 4.69) is 0 Å². The van der Waals surface area contributed by atoms with Gasteiger partial charge in [-0.1, -0.05) is 48.5 Å². The highest BCUT2D eigenvalue weighted by Gasteiger charge is 2.38. The average Bonchev–Trinajstić information content (AvgIpc) is 2.77. The monoisotopic (exact) mass is 478 g/mol. The van der Waals surface area contributed by atoms with Crippen molar-refractivity contribution in [3.05, 3.63) is 82.9 Å². The number of fused-ring (bicyclic) bond motifs is 4. The normalized spacial score (nSPS) is 12.9.